The molecule has 0 aromatic heterocycles. The summed E-state index contributed by atoms with van der Waals surface area (Å²) in [6.07, 6.45) is -0.280. The van der Waals surface area contributed by atoms with Crippen molar-refractivity contribution in [2.75, 3.05) is 6.54 Å². The molecule has 1 saturated heterocycles. The lowest BCUT2D eigenvalue weighted by molar-refractivity contribution is -0.0701. The van der Waals surface area contributed by atoms with Crippen molar-refractivity contribution in [3.8, 4) is 0 Å². The van der Waals surface area contributed by atoms with Crippen LogP contribution in [0, 0.1) is 0 Å². The largest absolute Gasteiger partial charge is 0.444 e. The normalized spacial score (nSPS) is 22.4. The number of benzene rings is 1. The van der Waals surface area contributed by atoms with Crippen LogP contribution in [-0.4, -0.2) is 40.4 Å². The second-order valence-electron chi connectivity index (χ2n) is 6.10. The zero-order valence-corrected chi connectivity index (χ0v) is 12.7. The van der Waals surface area contributed by atoms with Gasteiger partial charge >= 0.3 is 6.09 Å². The first-order valence-corrected chi connectivity index (χ1v) is 7.06. The van der Waals surface area contributed by atoms with E-state index in [2.05, 4.69) is 0 Å². The molecule has 0 saturated carbocycles. The molecule has 0 spiro atoms. The Morgan fingerprint density at radius 1 is 1.40 bits per heavy atom. The molecule has 1 aromatic rings. The molecule has 2 atom stereocenters. The molecule has 1 heterocycles. The Balaban J connectivity index is 1.99. The van der Waals surface area contributed by atoms with Gasteiger partial charge in [-0.05, 0) is 44.9 Å². The van der Waals surface area contributed by atoms with Crippen LogP contribution in [0.1, 0.15) is 26.3 Å². The van der Waals surface area contributed by atoms with E-state index in [1.807, 2.05) is 32.9 Å². The third kappa shape index (κ3) is 3.64. The van der Waals surface area contributed by atoms with Crippen LogP contribution in [-0.2, 0) is 11.2 Å². The molecule has 1 aliphatic heterocycles. The van der Waals surface area contributed by atoms with Gasteiger partial charge in [-0.15, -0.1) is 0 Å². The van der Waals surface area contributed by atoms with Gasteiger partial charge in [-0.1, -0.05) is 23.7 Å². The molecular weight excluding hydrogens is 278 g/mol. The third-order valence-electron chi connectivity index (χ3n) is 3.21. The summed E-state index contributed by atoms with van der Waals surface area (Å²) in [5.41, 5.74) is 0.509. The Morgan fingerprint density at radius 3 is 2.50 bits per heavy atom. The van der Waals surface area contributed by atoms with Gasteiger partial charge in [0.15, 0.2) is 0 Å². The fourth-order valence-corrected chi connectivity index (χ4v) is 2.29. The fourth-order valence-electron chi connectivity index (χ4n) is 2.17. The SMILES string of the molecule is CC(C)(C)OC(=O)N1CC(O)C1Cc1ccc(Cl)cc1. The summed E-state index contributed by atoms with van der Waals surface area (Å²) in [4.78, 5) is 13.6. The lowest BCUT2D eigenvalue weighted by atomic mass is 9.93. The van der Waals surface area contributed by atoms with E-state index in [-0.39, 0.29) is 12.1 Å². The van der Waals surface area contributed by atoms with Crippen molar-refractivity contribution < 1.29 is 14.6 Å². The second-order valence-corrected chi connectivity index (χ2v) is 6.53. The predicted octanol–water partition coefficient (Wildman–Crippen LogP) is 2.86. The molecule has 1 fully saturated rings. The van der Waals surface area contributed by atoms with Gasteiger partial charge in [0.05, 0.1) is 18.7 Å². The number of aliphatic hydroxyl groups is 1. The van der Waals surface area contributed by atoms with E-state index in [9.17, 15) is 9.90 Å². The number of aliphatic hydroxyl groups excluding tert-OH is 1. The highest BCUT2D eigenvalue weighted by Crippen LogP contribution is 2.25. The van der Waals surface area contributed by atoms with Gasteiger partial charge in [0.2, 0.25) is 0 Å². The molecular formula is C15H20ClNO3. The molecule has 1 aliphatic rings. The highest BCUT2D eigenvalue weighted by Gasteiger charge is 2.42. The lowest BCUT2D eigenvalue weighted by Gasteiger charge is -2.45. The first-order chi connectivity index (χ1) is 9.26. The maximum Gasteiger partial charge on any atom is 0.410 e. The molecule has 2 rings (SSSR count). The molecule has 1 N–H and O–H groups in total. The average molecular weight is 298 g/mol. The van der Waals surface area contributed by atoms with E-state index in [0.717, 1.165) is 5.56 Å². The number of ether oxygens (including phenoxy) is 1. The van der Waals surface area contributed by atoms with Crippen LogP contribution in [0.25, 0.3) is 0 Å². The van der Waals surface area contributed by atoms with Gasteiger partial charge in [0, 0.05) is 5.02 Å². The van der Waals surface area contributed by atoms with Crippen LogP contribution >= 0.6 is 11.6 Å². The van der Waals surface area contributed by atoms with Crippen LogP contribution in [0.5, 0.6) is 0 Å². The quantitative estimate of drug-likeness (QED) is 0.913. The van der Waals surface area contributed by atoms with Crippen molar-refractivity contribution in [1.82, 2.24) is 4.90 Å². The molecule has 5 heteroatoms. The topological polar surface area (TPSA) is 49.8 Å². The maximum atomic E-state index is 12.0. The third-order valence-corrected chi connectivity index (χ3v) is 3.47. The smallest absolute Gasteiger partial charge is 0.410 e. The molecule has 0 radical (unpaired) electrons. The molecule has 2 unspecified atom stereocenters. The zero-order chi connectivity index (χ0) is 14.9. The van der Waals surface area contributed by atoms with Crippen LogP contribution in [0.2, 0.25) is 5.02 Å². The van der Waals surface area contributed by atoms with Crippen molar-refractivity contribution in [1.29, 1.82) is 0 Å². The standard InChI is InChI=1S/C15H20ClNO3/c1-15(2,3)20-14(19)17-9-13(18)12(17)8-10-4-6-11(16)7-5-10/h4-7,12-13,18H,8-9H2,1-3H3. The minimum absolute atomic E-state index is 0.231. The highest BCUT2D eigenvalue weighted by atomic mass is 35.5. The highest BCUT2D eigenvalue weighted by molar-refractivity contribution is 6.30. The van der Waals surface area contributed by atoms with Crippen molar-refractivity contribution in [3.63, 3.8) is 0 Å². The van der Waals surface area contributed by atoms with Crippen molar-refractivity contribution in [3.05, 3.63) is 34.9 Å². The number of rotatable bonds is 2. The van der Waals surface area contributed by atoms with Gasteiger partial charge in [-0.2, -0.15) is 0 Å². The second kappa shape index (κ2) is 5.62. The van der Waals surface area contributed by atoms with Gasteiger partial charge in [0.25, 0.3) is 0 Å². The van der Waals surface area contributed by atoms with Gasteiger partial charge in [0.1, 0.15) is 5.60 Å². The molecule has 1 amide bonds. The number of β-amino-alcohol motifs (C(OH)–C–C–N with tert-alkyl or cyclic N) is 1. The summed E-state index contributed by atoms with van der Waals surface area (Å²) >= 11 is 5.84. The predicted molar refractivity (Wildman–Crippen MR) is 77.9 cm³/mol. The molecule has 0 bridgehead atoms. The summed E-state index contributed by atoms with van der Waals surface area (Å²) in [7, 11) is 0. The zero-order valence-electron chi connectivity index (χ0n) is 12.0. The van der Waals surface area contributed by atoms with Crippen molar-refractivity contribution in [2.45, 2.75) is 44.9 Å². The number of carbonyl (C=O) groups is 1. The monoisotopic (exact) mass is 297 g/mol. The first kappa shape index (κ1) is 15.1. The summed E-state index contributed by atoms with van der Waals surface area (Å²) in [5, 5.41) is 10.5. The Labute approximate surface area is 124 Å². The number of nitrogens with zero attached hydrogens (tertiary/aromatic N) is 1. The number of hydrogen-bond donors (Lipinski definition) is 1. The summed E-state index contributed by atoms with van der Waals surface area (Å²) in [5.74, 6) is 0. The Kier molecular flexibility index (Phi) is 4.25. The minimum Gasteiger partial charge on any atom is -0.444 e. The van der Waals surface area contributed by atoms with Crippen LogP contribution < -0.4 is 0 Å². The van der Waals surface area contributed by atoms with Crippen molar-refractivity contribution in [2.24, 2.45) is 0 Å². The van der Waals surface area contributed by atoms with E-state index in [1.165, 1.54) is 0 Å². The minimum atomic E-state index is -0.525. The van der Waals surface area contributed by atoms with Crippen LogP contribution in [0.4, 0.5) is 4.79 Å². The van der Waals surface area contributed by atoms with E-state index >= 15 is 0 Å². The van der Waals surface area contributed by atoms with Crippen LogP contribution in [0.3, 0.4) is 0 Å². The van der Waals surface area contributed by atoms with Gasteiger partial charge in [-0.3, -0.25) is 4.90 Å². The Morgan fingerprint density at radius 2 is 2.00 bits per heavy atom. The fraction of sp³-hybridized carbons (Fsp3) is 0.533. The molecule has 110 valence electrons. The first-order valence-electron chi connectivity index (χ1n) is 6.68. The average Bonchev–Trinajstić information content (AvgIpc) is 2.32. The number of likely N-dealkylation sites (tertiary alicyclic amines) is 1. The van der Waals surface area contributed by atoms with E-state index in [1.54, 1.807) is 17.0 Å². The number of carbonyl (C=O) groups excluding carboxylic acids is 1. The van der Waals surface area contributed by atoms with Gasteiger partial charge < -0.3 is 9.84 Å². The number of halogens is 1. The summed E-state index contributed by atoms with van der Waals surface area (Å²) in [6, 6.07) is 7.19. The van der Waals surface area contributed by atoms with E-state index < -0.39 is 11.7 Å². The molecule has 20 heavy (non-hydrogen) atoms. The number of amides is 1. The summed E-state index contributed by atoms with van der Waals surface area (Å²) in [6.45, 7) is 5.81. The van der Waals surface area contributed by atoms with Gasteiger partial charge in [-0.25, -0.2) is 4.79 Å². The van der Waals surface area contributed by atoms with Crippen LogP contribution in [0.15, 0.2) is 24.3 Å². The molecule has 1 aromatic carbocycles. The van der Waals surface area contributed by atoms with E-state index in [0.29, 0.717) is 18.0 Å². The molecule has 0 aliphatic carbocycles. The lowest BCUT2D eigenvalue weighted by Crippen LogP contribution is -2.63. The maximum absolute atomic E-state index is 12.0. The van der Waals surface area contributed by atoms with E-state index in [4.69, 9.17) is 16.3 Å². The Bertz CT molecular complexity index is 481. The van der Waals surface area contributed by atoms with Crippen molar-refractivity contribution >= 4 is 17.7 Å². The Hall–Kier alpha value is -1.26. The molecule has 4 nitrogen and oxygen atoms in total. The number of hydrogen-bond acceptors (Lipinski definition) is 3. The summed E-state index contributed by atoms with van der Waals surface area (Å²) < 4.78 is 5.33.